The lowest BCUT2D eigenvalue weighted by atomic mass is 9.86. The van der Waals surface area contributed by atoms with Crippen LogP contribution in [0, 0.1) is 0 Å². The van der Waals surface area contributed by atoms with Crippen LogP contribution < -0.4 is 21.0 Å². The topological polar surface area (TPSA) is 40.5 Å². The van der Waals surface area contributed by atoms with Crippen molar-refractivity contribution in [1.29, 1.82) is 0 Å². The average Bonchev–Trinajstić information content (AvgIpc) is 2.85. The Kier molecular flexibility index (Phi) is 7.43. The molecule has 0 amide bonds. The van der Waals surface area contributed by atoms with Gasteiger partial charge in [-0.3, -0.25) is 0 Å². The van der Waals surface area contributed by atoms with E-state index in [2.05, 4.69) is 133 Å². The normalized spacial score (nSPS) is 12.6. The predicted molar refractivity (Wildman–Crippen MR) is 164 cm³/mol. The molecule has 0 fully saturated rings. The summed E-state index contributed by atoms with van der Waals surface area (Å²) >= 11 is 0. The van der Waals surface area contributed by atoms with E-state index in [9.17, 15) is 10.2 Å². The molecule has 0 atom stereocenters. The van der Waals surface area contributed by atoms with Crippen LogP contribution in [-0.4, -0.2) is 18.0 Å². The maximum atomic E-state index is 11.9. The molecule has 0 aliphatic carbocycles. The van der Waals surface area contributed by atoms with Crippen LogP contribution in [0.1, 0.15) is 52.7 Å². The molecule has 4 heteroatoms. The smallest absolute Gasteiger partial charge is 0.150 e. The Morgan fingerprint density at radius 1 is 0.514 bits per heavy atom. The molecule has 0 heterocycles. The minimum Gasteiger partial charge on any atom is -0.507 e. The Bertz CT molecular complexity index is 1270. The Hall–Kier alpha value is -2.87. The standard InChI is InChI=1S/C33H39O2PSi/c1-32(2,3)26-20-14-22-28(30(26)34)36(29-23-15-21-27(31(29)35)33(4,5)6)37(7,24-16-10-8-11-17-24)25-18-12-9-13-19-25/h8-23,34-35H,1-7H3. The molecule has 192 valence electrons. The van der Waals surface area contributed by atoms with E-state index >= 15 is 0 Å². The van der Waals surface area contributed by atoms with Gasteiger partial charge in [0.2, 0.25) is 0 Å². The zero-order valence-electron chi connectivity index (χ0n) is 23.1. The van der Waals surface area contributed by atoms with Crippen molar-refractivity contribution in [2.75, 3.05) is 0 Å². The summed E-state index contributed by atoms with van der Waals surface area (Å²) in [5, 5.41) is 28.2. The van der Waals surface area contributed by atoms with Gasteiger partial charge in [0.25, 0.3) is 0 Å². The molecule has 0 saturated carbocycles. The van der Waals surface area contributed by atoms with E-state index in [-0.39, 0.29) is 10.8 Å². The second kappa shape index (κ2) is 10.1. The third-order valence-corrected chi connectivity index (χ3v) is 18.4. The van der Waals surface area contributed by atoms with Crippen LogP contribution in [-0.2, 0) is 10.8 Å². The molecule has 0 bridgehead atoms. The highest BCUT2D eigenvalue weighted by Crippen LogP contribution is 2.50. The van der Waals surface area contributed by atoms with Crippen molar-refractivity contribution in [3.63, 3.8) is 0 Å². The van der Waals surface area contributed by atoms with Gasteiger partial charge in [0, 0.05) is 10.6 Å². The van der Waals surface area contributed by atoms with Crippen LogP contribution in [0.2, 0.25) is 6.55 Å². The minimum atomic E-state index is -2.59. The maximum Gasteiger partial charge on any atom is 0.150 e. The zero-order chi connectivity index (χ0) is 27.0. The van der Waals surface area contributed by atoms with Crippen LogP contribution in [0.3, 0.4) is 0 Å². The molecule has 37 heavy (non-hydrogen) atoms. The summed E-state index contributed by atoms with van der Waals surface area (Å²) in [5.74, 6) is 0.708. The number of aromatic hydroxyl groups is 2. The van der Waals surface area contributed by atoms with Crippen LogP contribution in [0.25, 0.3) is 0 Å². The molecule has 4 rings (SSSR count). The molecule has 0 spiro atoms. The third-order valence-electron chi connectivity index (χ3n) is 7.25. The SMILES string of the molecule is CC(C)(C)c1cccc(P(c2cccc(C(C)(C)C)c2O)[Si](C)(c2ccccc2)c2ccccc2)c1O. The van der Waals surface area contributed by atoms with Gasteiger partial charge in [-0.15, -0.1) is 0 Å². The van der Waals surface area contributed by atoms with Crippen molar-refractivity contribution in [1.82, 2.24) is 0 Å². The fourth-order valence-corrected chi connectivity index (χ4v) is 16.5. The highest BCUT2D eigenvalue weighted by atomic mass is 31.4. The van der Waals surface area contributed by atoms with Crippen LogP contribution in [0.4, 0.5) is 0 Å². The van der Waals surface area contributed by atoms with Gasteiger partial charge >= 0.3 is 0 Å². The molecule has 2 nitrogen and oxygen atoms in total. The first kappa shape index (κ1) is 27.2. The number of para-hydroxylation sites is 2. The second-order valence-electron chi connectivity index (χ2n) is 12.0. The van der Waals surface area contributed by atoms with Crippen molar-refractivity contribution in [3.05, 3.63) is 108 Å². The summed E-state index contributed by atoms with van der Waals surface area (Å²) in [6.45, 7) is 15.2. The van der Waals surface area contributed by atoms with Crippen molar-refractivity contribution in [2.24, 2.45) is 0 Å². The molecule has 0 aromatic heterocycles. The summed E-state index contributed by atoms with van der Waals surface area (Å²) in [6.07, 6.45) is 0. The summed E-state index contributed by atoms with van der Waals surface area (Å²) in [5.41, 5.74) is 1.43. The first-order valence-corrected chi connectivity index (χ1v) is 17.6. The number of hydrogen-bond acceptors (Lipinski definition) is 2. The molecule has 4 aromatic rings. The molecule has 0 saturated heterocycles. The Morgan fingerprint density at radius 2 is 0.865 bits per heavy atom. The third kappa shape index (κ3) is 5.13. The van der Waals surface area contributed by atoms with E-state index < -0.39 is 15.2 Å². The highest BCUT2D eigenvalue weighted by Gasteiger charge is 2.45. The van der Waals surface area contributed by atoms with Gasteiger partial charge in [-0.1, -0.05) is 145 Å². The fourth-order valence-electron chi connectivity index (χ4n) is 5.20. The molecule has 0 unspecified atom stereocenters. The van der Waals surface area contributed by atoms with Crippen LogP contribution in [0.5, 0.6) is 11.5 Å². The molecule has 0 aliphatic rings. The quantitative estimate of drug-likeness (QED) is 0.230. The number of phenolic OH excluding ortho intramolecular Hbond substituents is 2. The van der Waals surface area contributed by atoms with Crippen molar-refractivity contribution in [3.8, 4) is 11.5 Å². The monoisotopic (exact) mass is 526 g/mol. The summed E-state index contributed by atoms with van der Waals surface area (Å²) in [4.78, 5) is 0. The van der Waals surface area contributed by atoms with Gasteiger partial charge in [0.1, 0.15) is 19.2 Å². The minimum absolute atomic E-state index is 0.214. The first-order valence-electron chi connectivity index (χ1n) is 12.9. The van der Waals surface area contributed by atoms with Gasteiger partial charge < -0.3 is 10.2 Å². The van der Waals surface area contributed by atoms with Crippen molar-refractivity contribution in [2.45, 2.75) is 58.9 Å². The van der Waals surface area contributed by atoms with E-state index in [1.807, 2.05) is 12.1 Å². The van der Waals surface area contributed by atoms with Gasteiger partial charge in [-0.2, -0.15) is 0 Å². The highest BCUT2D eigenvalue weighted by molar-refractivity contribution is 8.08. The number of benzene rings is 4. The fraction of sp³-hybridized carbons (Fsp3) is 0.273. The van der Waals surface area contributed by atoms with Crippen molar-refractivity contribution >= 4 is 36.2 Å². The van der Waals surface area contributed by atoms with Crippen LogP contribution in [0.15, 0.2) is 97.1 Å². The zero-order valence-corrected chi connectivity index (χ0v) is 25.0. The van der Waals surface area contributed by atoms with E-state index in [1.54, 1.807) is 0 Å². The van der Waals surface area contributed by atoms with Gasteiger partial charge in [-0.05, 0) is 39.8 Å². The number of phenols is 2. The van der Waals surface area contributed by atoms with E-state index in [0.29, 0.717) is 11.5 Å². The number of hydrogen-bond donors (Lipinski definition) is 2. The van der Waals surface area contributed by atoms with E-state index in [1.165, 1.54) is 10.4 Å². The van der Waals surface area contributed by atoms with Gasteiger partial charge in [0.05, 0.1) is 0 Å². The van der Waals surface area contributed by atoms with Crippen molar-refractivity contribution < 1.29 is 10.2 Å². The Balaban J connectivity index is 2.15. The molecular formula is C33H39O2PSi. The summed E-state index contributed by atoms with van der Waals surface area (Å²) in [7, 11) is -3.77. The number of rotatable bonds is 5. The summed E-state index contributed by atoms with van der Waals surface area (Å²) < 4.78 is 0. The van der Waals surface area contributed by atoms with E-state index in [0.717, 1.165) is 21.7 Å². The largest absolute Gasteiger partial charge is 0.507 e. The first-order chi connectivity index (χ1) is 17.4. The lowest BCUT2D eigenvalue weighted by Gasteiger charge is -2.39. The predicted octanol–water partition coefficient (Wildman–Crippen LogP) is 6.52. The lowest BCUT2D eigenvalue weighted by molar-refractivity contribution is 0.450. The lowest BCUT2D eigenvalue weighted by Crippen LogP contribution is -2.57. The maximum absolute atomic E-state index is 11.9. The summed E-state index contributed by atoms with van der Waals surface area (Å²) in [6, 6.07) is 33.8. The second-order valence-corrected chi connectivity index (χ2v) is 20.9. The Morgan fingerprint density at radius 3 is 1.19 bits per heavy atom. The molecule has 2 N–H and O–H groups in total. The van der Waals surface area contributed by atoms with E-state index in [4.69, 9.17) is 0 Å². The molecule has 0 aliphatic heterocycles. The van der Waals surface area contributed by atoms with Crippen LogP contribution >= 0.6 is 7.47 Å². The average molecular weight is 527 g/mol. The van der Waals surface area contributed by atoms with Gasteiger partial charge in [0.15, 0.2) is 0 Å². The molecule has 0 radical (unpaired) electrons. The molecule has 4 aromatic carbocycles. The Labute approximate surface area is 224 Å². The molecular weight excluding hydrogens is 487 g/mol. The van der Waals surface area contributed by atoms with Gasteiger partial charge in [-0.25, -0.2) is 0 Å².